The molecule has 84 valence electrons. The van der Waals surface area contributed by atoms with E-state index in [1.807, 2.05) is 13.0 Å². The molecule has 0 unspecified atom stereocenters. The second-order valence-corrected chi connectivity index (χ2v) is 3.91. The summed E-state index contributed by atoms with van der Waals surface area (Å²) >= 11 is 5.85. The van der Waals surface area contributed by atoms with E-state index < -0.39 is 0 Å². The second-order valence-electron chi connectivity index (χ2n) is 3.48. The molecule has 4 heteroatoms. The fourth-order valence-electron chi connectivity index (χ4n) is 1.34. The Kier molecular flexibility index (Phi) is 3.27. The van der Waals surface area contributed by atoms with Gasteiger partial charge >= 0.3 is 0 Å². The number of nitrogens with zero attached hydrogens (tertiary/aromatic N) is 2. The Labute approximate surface area is 104 Å². The number of pyridine rings is 1. The van der Waals surface area contributed by atoms with Gasteiger partial charge in [-0.05, 0) is 37.3 Å². The normalized spacial score (nSPS) is 9.71. The molecule has 2 rings (SSSR count). The monoisotopic (exact) mass is 244 g/mol. The van der Waals surface area contributed by atoms with Crippen molar-refractivity contribution in [3.63, 3.8) is 0 Å². The van der Waals surface area contributed by atoms with Gasteiger partial charge in [-0.15, -0.1) is 0 Å². The summed E-state index contributed by atoms with van der Waals surface area (Å²) < 4.78 is 5.54. The Morgan fingerprint density at radius 2 is 2.12 bits per heavy atom. The Morgan fingerprint density at radius 3 is 2.82 bits per heavy atom. The summed E-state index contributed by atoms with van der Waals surface area (Å²) in [5.41, 5.74) is 1.19. The predicted molar refractivity (Wildman–Crippen MR) is 65.2 cm³/mol. The number of hydrogen-bond donors (Lipinski definition) is 0. The Morgan fingerprint density at radius 1 is 1.29 bits per heavy atom. The van der Waals surface area contributed by atoms with E-state index in [0.717, 1.165) is 5.69 Å². The van der Waals surface area contributed by atoms with Crippen molar-refractivity contribution < 1.29 is 4.74 Å². The highest BCUT2D eigenvalue weighted by Crippen LogP contribution is 2.25. The van der Waals surface area contributed by atoms with Crippen LogP contribution in [0.2, 0.25) is 5.02 Å². The van der Waals surface area contributed by atoms with Gasteiger partial charge in [0.25, 0.3) is 0 Å². The number of nitriles is 1. The highest BCUT2D eigenvalue weighted by atomic mass is 35.5. The van der Waals surface area contributed by atoms with Crippen LogP contribution in [-0.2, 0) is 0 Å². The van der Waals surface area contributed by atoms with Gasteiger partial charge in [0.2, 0.25) is 5.88 Å². The minimum atomic E-state index is 0.301. The maximum absolute atomic E-state index is 8.95. The Hall–Kier alpha value is -2.05. The highest BCUT2D eigenvalue weighted by Gasteiger charge is 2.06. The lowest BCUT2D eigenvalue weighted by Crippen LogP contribution is -1.93. The summed E-state index contributed by atoms with van der Waals surface area (Å²) in [6.45, 7) is 1.84. The van der Waals surface area contributed by atoms with Gasteiger partial charge in [0.1, 0.15) is 17.4 Å². The average Bonchev–Trinajstić information content (AvgIpc) is 2.29. The van der Waals surface area contributed by atoms with E-state index in [0.29, 0.717) is 22.2 Å². The molecule has 0 N–H and O–H groups in total. The van der Waals surface area contributed by atoms with Crippen molar-refractivity contribution in [2.75, 3.05) is 0 Å². The van der Waals surface area contributed by atoms with Gasteiger partial charge in [0, 0.05) is 10.7 Å². The standard InChI is InChI=1S/C13H9ClN2O/c1-9-5-6-10(8-15)13(16-9)17-12-4-2-3-11(14)7-12/h2-7H,1H3. The van der Waals surface area contributed by atoms with Crippen LogP contribution in [0.1, 0.15) is 11.3 Å². The molecular weight excluding hydrogens is 236 g/mol. The van der Waals surface area contributed by atoms with Crippen molar-refractivity contribution in [1.29, 1.82) is 5.26 Å². The largest absolute Gasteiger partial charge is 0.438 e. The number of halogens is 1. The minimum Gasteiger partial charge on any atom is -0.438 e. The smallest absolute Gasteiger partial charge is 0.237 e. The van der Waals surface area contributed by atoms with Crippen molar-refractivity contribution in [1.82, 2.24) is 4.98 Å². The van der Waals surface area contributed by atoms with Gasteiger partial charge in [0.05, 0.1) is 0 Å². The van der Waals surface area contributed by atoms with Crippen molar-refractivity contribution in [3.05, 3.63) is 52.7 Å². The van der Waals surface area contributed by atoms with Crippen LogP contribution in [0, 0.1) is 18.3 Å². The lowest BCUT2D eigenvalue weighted by atomic mass is 10.2. The Balaban J connectivity index is 2.36. The van der Waals surface area contributed by atoms with Crippen LogP contribution >= 0.6 is 11.6 Å². The van der Waals surface area contributed by atoms with Crippen LogP contribution in [0.5, 0.6) is 11.6 Å². The van der Waals surface area contributed by atoms with Gasteiger partial charge < -0.3 is 4.74 Å². The summed E-state index contributed by atoms with van der Waals surface area (Å²) in [6, 6.07) is 12.5. The van der Waals surface area contributed by atoms with E-state index in [9.17, 15) is 0 Å². The summed E-state index contributed by atoms with van der Waals surface area (Å²) in [7, 11) is 0. The lowest BCUT2D eigenvalue weighted by molar-refractivity contribution is 0.460. The quantitative estimate of drug-likeness (QED) is 0.809. The summed E-state index contributed by atoms with van der Waals surface area (Å²) in [4.78, 5) is 4.18. The molecule has 0 atom stereocenters. The number of aromatic nitrogens is 1. The fourth-order valence-corrected chi connectivity index (χ4v) is 1.52. The van der Waals surface area contributed by atoms with Crippen LogP contribution in [0.15, 0.2) is 36.4 Å². The van der Waals surface area contributed by atoms with Gasteiger partial charge in [-0.2, -0.15) is 5.26 Å². The Bertz CT molecular complexity index is 590. The third kappa shape index (κ3) is 2.74. The minimum absolute atomic E-state index is 0.301. The molecule has 0 saturated heterocycles. The molecule has 0 fully saturated rings. The van der Waals surface area contributed by atoms with Gasteiger partial charge in [-0.3, -0.25) is 0 Å². The van der Waals surface area contributed by atoms with E-state index in [1.165, 1.54) is 0 Å². The first-order valence-electron chi connectivity index (χ1n) is 5.00. The molecule has 1 heterocycles. The maximum Gasteiger partial charge on any atom is 0.237 e. The van der Waals surface area contributed by atoms with E-state index in [4.69, 9.17) is 21.6 Å². The zero-order chi connectivity index (χ0) is 12.3. The maximum atomic E-state index is 8.95. The van der Waals surface area contributed by atoms with Crippen LogP contribution in [0.3, 0.4) is 0 Å². The molecule has 0 spiro atoms. The first-order chi connectivity index (χ1) is 8.19. The van der Waals surface area contributed by atoms with E-state index in [1.54, 1.807) is 36.4 Å². The third-order valence-corrected chi connectivity index (χ3v) is 2.37. The summed E-state index contributed by atoms with van der Waals surface area (Å²) in [5, 5.41) is 9.52. The molecule has 1 aromatic heterocycles. The van der Waals surface area contributed by atoms with Crippen molar-refractivity contribution >= 4 is 11.6 Å². The summed E-state index contributed by atoms with van der Waals surface area (Å²) in [5.74, 6) is 0.863. The summed E-state index contributed by atoms with van der Waals surface area (Å²) in [6.07, 6.45) is 0. The van der Waals surface area contributed by atoms with Crippen molar-refractivity contribution in [2.45, 2.75) is 6.92 Å². The molecule has 0 amide bonds. The number of hydrogen-bond acceptors (Lipinski definition) is 3. The molecule has 0 radical (unpaired) electrons. The first-order valence-corrected chi connectivity index (χ1v) is 5.38. The lowest BCUT2D eigenvalue weighted by Gasteiger charge is -2.07. The molecule has 17 heavy (non-hydrogen) atoms. The average molecular weight is 245 g/mol. The molecule has 0 aliphatic carbocycles. The van der Waals surface area contributed by atoms with Gasteiger partial charge in [-0.1, -0.05) is 17.7 Å². The second kappa shape index (κ2) is 4.86. The van der Waals surface area contributed by atoms with E-state index >= 15 is 0 Å². The van der Waals surface area contributed by atoms with Crippen LogP contribution in [0.4, 0.5) is 0 Å². The highest BCUT2D eigenvalue weighted by molar-refractivity contribution is 6.30. The van der Waals surface area contributed by atoms with Crippen LogP contribution < -0.4 is 4.74 Å². The molecule has 0 aliphatic heterocycles. The van der Waals surface area contributed by atoms with Gasteiger partial charge in [-0.25, -0.2) is 4.98 Å². The predicted octanol–water partition coefficient (Wildman–Crippen LogP) is 3.71. The van der Waals surface area contributed by atoms with Crippen molar-refractivity contribution in [3.8, 4) is 17.7 Å². The zero-order valence-corrected chi connectivity index (χ0v) is 9.90. The third-order valence-electron chi connectivity index (χ3n) is 2.13. The molecule has 0 aliphatic rings. The molecule has 3 nitrogen and oxygen atoms in total. The van der Waals surface area contributed by atoms with Crippen LogP contribution in [0.25, 0.3) is 0 Å². The molecule has 0 bridgehead atoms. The van der Waals surface area contributed by atoms with Crippen molar-refractivity contribution in [2.24, 2.45) is 0 Å². The number of rotatable bonds is 2. The SMILES string of the molecule is Cc1ccc(C#N)c(Oc2cccc(Cl)c2)n1. The molecular formula is C13H9ClN2O. The molecule has 0 saturated carbocycles. The topological polar surface area (TPSA) is 45.9 Å². The first kappa shape index (κ1) is 11.4. The number of ether oxygens (including phenoxy) is 1. The van der Waals surface area contributed by atoms with Crippen LogP contribution in [-0.4, -0.2) is 4.98 Å². The zero-order valence-electron chi connectivity index (χ0n) is 9.14. The van der Waals surface area contributed by atoms with E-state index in [-0.39, 0.29) is 0 Å². The number of benzene rings is 1. The van der Waals surface area contributed by atoms with E-state index in [2.05, 4.69) is 4.98 Å². The fraction of sp³-hybridized carbons (Fsp3) is 0.0769. The number of aryl methyl sites for hydroxylation is 1. The molecule has 2 aromatic rings. The van der Waals surface area contributed by atoms with Gasteiger partial charge in [0.15, 0.2) is 0 Å². The molecule has 1 aromatic carbocycles.